The minimum atomic E-state index is -0.256. The topological polar surface area (TPSA) is 34.1 Å². The summed E-state index contributed by atoms with van der Waals surface area (Å²) in [4.78, 5) is 4.11. The van der Waals surface area contributed by atoms with Gasteiger partial charge in [-0.25, -0.2) is 4.39 Å². The second-order valence-electron chi connectivity index (χ2n) is 4.84. The van der Waals surface area contributed by atoms with E-state index >= 15 is 0 Å². The van der Waals surface area contributed by atoms with Gasteiger partial charge in [0.25, 0.3) is 0 Å². The van der Waals surface area contributed by atoms with Crippen molar-refractivity contribution in [3.8, 4) is 5.75 Å². The van der Waals surface area contributed by atoms with Gasteiger partial charge in [0.2, 0.25) is 0 Å². The second kappa shape index (κ2) is 7.01. The molecule has 1 aromatic heterocycles. The molecule has 2 atom stereocenters. The summed E-state index contributed by atoms with van der Waals surface area (Å²) >= 11 is 0. The number of ether oxygens (including phenoxy) is 1. The van der Waals surface area contributed by atoms with Crippen molar-refractivity contribution in [3.63, 3.8) is 0 Å². The summed E-state index contributed by atoms with van der Waals surface area (Å²) in [6.07, 6.45) is 3.61. The molecule has 0 spiro atoms. The fraction of sp³-hybridized carbons (Fsp3) is 0.312. The number of hydrogen-bond acceptors (Lipinski definition) is 3. The fourth-order valence-electron chi connectivity index (χ4n) is 1.96. The first-order valence-corrected chi connectivity index (χ1v) is 6.69. The Balaban J connectivity index is 1.80. The Kier molecular flexibility index (Phi) is 5.07. The van der Waals surface area contributed by atoms with Crippen LogP contribution < -0.4 is 10.1 Å². The largest absolute Gasteiger partial charge is 0.492 e. The van der Waals surface area contributed by atoms with E-state index in [2.05, 4.69) is 24.1 Å². The number of benzene rings is 1. The number of aromatic nitrogens is 1. The van der Waals surface area contributed by atoms with Gasteiger partial charge in [0.15, 0.2) is 0 Å². The number of hydrogen-bond donors (Lipinski definition) is 1. The molecule has 0 fully saturated rings. The first-order valence-electron chi connectivity index (χ1n) is 6.69. The Hall–Kier alpha value is -1.94. The Labute approximate surface area is 118 Å². The van der Waals surface area contributed by atoms with Crippen LogP contribution in [0.3, 0.4) is 0 Å². The minimum absolute atomic E-state index is 0.176. The molecule has 3 nitrogen and oxygen atoms in total. The molecule has 0 bridgehead atoms. The quantitative estimate of drug-likeness (QED) is 0.877. The Morgan fingerprint density at radius 3 is 2.60 bits per heavy atom. The molecule has 2 aromatic rings. The summed E-state index contributed by atoms with van der Waals surface area (Å²) in [5.41, 5.74) is 1.14. The summed E-state index contributed by atoms with van der Waals surface area (Å²) in [5, 5.41) is 3.44. The van der Waals surface area contributed by atoms with Crippen LogP contribution in [0.15, 0.2) is 48.8 Å². The molecule has 4 heteroatoms. The molecule has 1 heterocycles. The van der Waals surface area contributed by atoms with Crippen LogP contribution in [-0.2, 0) is 0 Å². The van der Waals surface area contributed by atoms with Crippen molar-refractivity contribution in [2.24, 2.45) is 0 Å². The molecule has 20 heavy (non-hydrogen) atoms. The van der Waals surface area contributed by atoms with Crippen LogP contribution in [0.1, 0.15) is 25.5 Å². The van der Waals surface area contributed by atoms with Gasteiger partial charge in [-0.3, -0.25) is 4.98 Å². The predicted octanol–water partition coefficient (Wildman–Crippen LogP) is 3.34. The molecule has 0 saturated heterocycles. The molecule has 1 N–H and O–H groups in total. The maximum Gasteiger partial charge on any atom is 0.123 e. The Morgan fingerprint density at radius 1 is 1.20 bits per heavy atom. The highest BCUT2D eigenvalue weighted by molar-refractivity contribution is 5.22. The Bertz CT molecular complexity index is 516. The zero-order valence-corrected chi connectivity index (χ0v) is 11.7. The van der Waals surface area contributed by atoms with Crippen molar-refractivity contribution in [1.82, 2.24) is 10.3 Å². The lowest BCUT2D eigenvalue weighted by molar-refractivity contribution is 0.263. The van der Waals surface area contributed by atoms with E-state index in [1.807, 2.05) is 18.3 Å². The third kappa shape index (κ3) is 4.31. The van der Waals surface area contributed by atoms with Gasteiger partial charge in [0.05, 0.1) is 0 Å². The fourth-order valence-corrected chi connectivity index (χ4v) is 1.96. The molecule has 106 valence electrons. The molecule has 2 rings (SSSR count). The molecule has 0 saturated carbocycles. The van der Waals surface area contributed by atoms with Crippen molar-refractivity contribution < 1.29 is 9.13 Å². The second-order valence-corrected chi connectivity index (χ2v) is 4.84. The van der Waals surface area contributed by atoms with Gasteiger partial charge in [-0.2, -0.15) is 0 Å². The highest BCUT2D eigenvalue weighted by Crippen LogP contribution is 2.13. The number of halogens is 1. The smallest absolute Gasteiger partial charge is 0.123 e. The number of nitrogens with one attached hydrogen (secondary N) is 1. The SMILES string of the molecule is CC(COc1ccc(F)cc1)NC(C)c1cccnc1. The molecule has 0 aliphatic rings. The van der Waals surface area contributed by atoms with Gasteiger partial charge in [0, 0.05) is 24.5 Å². The highest BCUT2D eigenvalue weighted by Gasteiger charge is 2.10. The van der Waals surface area contributed by atoms with E-state index < -0.39 is 0 Å². The lowest BCUT2D eigenvalue weighted by Crippen LogP contribution is -2.33. The number of pyridine rings is 1. The van der Waals surface area contributed by atoms with Gasteiger partial charge in [-0.05, 0) is 49.7 Å². The van der Waals surface area contributed by atoms with E-state index in [9.17, 15) is 4.39 Å². The van der Waals surface area contributed by atoms with Crippen molar-refractivity contribution in [2.45, 2.75) is 25.9 Å². The van der Waals surface area contributed by atoms with Gasteiger partial charge >= 0.3 is 0 Å². The van der Waals surface area contributed by atoms with Gasteiger partial charge in [-0.1, -0.05) is 6.07 Å². The van der Waals surface area contributed by atoms with E-state index in [4.69, 9.17) is 4.74 Å². The average Bonchev–Trinajstić information content (AvgIpc) is 2.47. The van der Waals surface area contributed by atoms with Crippen LogP contribution in [0.2, 0.25) is 0 Å². The molecule has 0 amide bonds. The van der Waals surface area contributed by atoms with E-state index in [0.29, 0.717) is 12.4 Å². The summed E-state index contributed by atoms with van der Waals surface area (Å²) < 4.78 is 18.4. The molecule has 0 radical (unpaired) electrons. The number of nitrogens with zero attached hydrogens (tertiary/aromatic N) is 1. The third-order valence-corrected chi connectivity index (χ3v) is 3.03. The summed E-state index contributed by atoms with van der Waals surface area (Å²) in [6, 6.07) is 10.4. The predicted molar refractivity (Wildman–Crippen MR) is 77.1 cm³/mol. The van der Waals surface area contributed by atoms with Crippen LogP contribution in [0.5, 0.6) is 5.75 Å². The molecule has 2 unspecified atom stereocenters. The van der Waals surface area contributed by atoms with Crippen molar-refractivity contribution in [2.75, 3.05) is 6.61 Å². The first kappa shape index (κ1) is 14.5. The monoisotopic (exact) mass is 274 g/mol. The van der Waals surface area contributed by atoms with E-state index in [-0.39, 0.29) is 17.9 Å². The zero-order chi connectivity index (χ0) is 14.4. The van der Waals surface area contributed by atoms with Crippen LogP contribution in [0, 0.1) is 5.82 Å². The van der Waals surface area contributed by atoms with Crippen LogP contribution in [0.4, 0.5) is 4.39 Å². The Morgan fingerprint density at radius 2 is 1.95 bits per heavy atom. The molecule has 1 aromatic carbocycles. The summed E-state index contributed by atoms with van der Waals surface area (Å²) in [6.45, 7) is 4.66. The van der Waals surface area contributed by atoms with E-state index in [0.717, 1.165) is 5.56 Å². The molecular formula is C16H19FN2O. The average molecular weight is 274 g/mol. The van der Waals surface area contributed by atoms with Gasteiger partial charge in [0.1, 0.15) is 18.2 Å². The van der Waals surface area contributed by atoms with Gasteiger partial charge < -0.3 is 10.1 Å². The van der Waals surface area contributed by atoms with E-state index in [1.165, 1.54) is 12.1 Å². The molecule has 0 aliphatic carbocycles. The highest BCUT2D eigenvalue weighted by atomic mass is 19.1. The minimum Gasteiger partial charge on any atom is -0.492 e. The van der Waals surface area contributed by atoms with Crippen molar-refractivity contribution in [3.05, 3.63) is 60.2 Å². The number of rotatable bonds is 6. The first-order chi connectivity index (χ1) is 9.65. The van der Waals surface area contributed by atoms with Crippen molar-refractivity contribution in [1.29, 1.82) is 0 Å². The van der Waals surface area contributed by atoms with Crippen LogP contribution in [-0.4, -0.2) is 17.6 Å². The van der Waals surface area contributed by atoms with E-state index in [1.54, 1.807) is 18.3 Å². The van der Waals surface area contributed by atoms with Crippen LogP contribution in [0.25, 0.3) is 0 Å². The lowest BCUT2D eigenvalue weighted by atomic mass is 10.1. The van der Waals surface area contributed by atoms with Crippen LogP contribution >= 0.6 is 0 Å². The molecule has 0 aliphatic heterocycles. The van der Waals surface area contributed by atoms with Crippen molar-refractivity contribution >= 4 is 0 Å². The normalized spacial score (nSPS) is 13.8. The third-order valence-electron chi connectivity index (χ3n) is 3.03. The summed E-state index contributed by atoms with van der Waals surface area (Å²) in [7, 11) is 0. The maximum absolute atomic E-state index is 12.8. The zero-order valence-electron chi connectivity index (χ0n) is 11.7. The standard InChI is InChI=1S/C16H19FN2O/c1-12(11-20-16-7-5-15(17)6-8-16)19-13(2)14-4-3-9-18-10-14/h3-10,12-13,19H,11H2,1-2H3. The van der Waals surface area contributed by atoms with Gasteiger partial charge in [-0.15, -0.1) is 0 Å². The molecular weight excluding hydrogens is 255 g/mol. The summed E-state index contributed by atoms with van der Waals surface area (Å²) in [5.74, 6) is 0.419. The maximum atomic E-state index is 12.8. The lowest BCUT2D eigenvalue weighted by Gasteiger charge is -2.20.